The second-order valence-corrected chi connectivity index (χ2v) is 6.52. The summed E-state index contributed by atoms with van der Waals surface area (Å²) in [5.74, 6) is 0. The SMILES string of the molecule is Cc1ccc(C)c(C(C)NCCCOC2CCCCC2)c1. The summed E-state index contributed by atoms with van der Waals surface area (Å²) in [6.45, 7) is 8.54. The van der Waals surface area contributed by atoms with E-state index in [4.69, 9.17) is 4.74 Å². The van der Waals surface area contributed by atoms with Crippen molar-refractivity contribution in [2.45, 2.75) is 71.4 Å². The molecule has 0 bridgehead atoms. The predicted molar refractivity (Wildman–Crippen MR) is 89.8 cm³/mol. The third-order valence-corrected chi connectivity index (χ3v) is 4.58. The van der Waals surface area contributed by atoms with Crippen molar-refractivity contribution in [1.82, 2.24) is 5.32 Å². The maximum Gasteiger partial charge on any atom is 0.0575 e. The minimum atomic E-state index is 0.416. The largest absolute Gasteiger partial charge is 0.378 e. The van der Waals surface area contributed by atoms with E-state index in [1.54, 1.807) is 0 Å². The van der Waals surface area contributed by atoms with Crippen LogP contribution in [0.3, 0.4) is 0 Å². The van der Waals surface area contributed by atoms with Gasteiger partial charge in [0.2, 0.25) is 0 Å². The minimum Gasteiger partial charge on any atom is -0.378 e. The molecule has 118 valence electrons. The third-order valence-electron chi connectivity index (χ3n) is 4.58. The topological polar surface area (TPSA) is 21.3 Å². The van der Waals surface area contributed by atoms with Crippen LogP contribution < -0.4 is 5.32 Å². The lowest BCUT2D eigenvalue weighted by atomic mass is 9.98. The van der Waals surface area contributed by atoms with Crippen LogP contribution in [0.5, 0.6) is 0 Å². The highest BCUT2D eigenvalue weighted by Gasteiger charge is 2.13. The molecule has 2 heteroatoms. The second-order valence-electron chi connectivity index (χ2n) is 6.52. The normalized spacial score (nSPS) is 17.9. The van der Waals surface area contributed by atoms with Gasteiger partial charge in [-0.3, -0.25) is 0 Å². The van der Waals surface area contributed by atoms with Crippen molar-refractivity contribution < 1.29 is 4.74 Å². The number of nitrogens with one attached hydrogen (secondary N) is 1. The van der Waals surface area contributed by atoms with E-state index in [2.05, 4.69) is 44.3 Å². The van der Waals surface area contributed by atoms with Crippen molar-refractivity contribution in [1.29, 1.82) is 0 Å². The van der Waals surface area contributed by atoms with E-state index >= 15 is 0 Å². The summed E-state index contributed by atoms with van der Waals surface area (Å²) in [6, 6.07) is 7.11. The molecular formula is C19H31NO. The summed E-state index contributed by atoms with van der Waals surface area (Å²) < 4.78 is 5.97. The van der Waals surface area contributed by atoms with Crippen molar-refractivity contribution in [3.05, 3.63) is 34.9 Å². The van der Waals surface area contributed by atoms with Crippen molar-refractivity contribution in [2.75, 3.05) is 13.2 Å². The molecule has 2 nitrogen and oxygen atoms in total. The molecule has 1 unspecified atom stereocenters. The fraction of sp³-hybridized carbons (Fsp3) is 0.684. The molecule has 0 radical (unpaired) electrons. The Morgan fingerprint density at radius 2 is 1.95 bits per heavy atom. The Morgan fingerprint density at radius 3 is 2.71 bits per heavy atom. The Kier molecular flexibility index (Phi) is 6.72. The van der Waals surface area contributed by atoms with Crippen molar-refractivity contribution >= 4 is 0 Å². The molecule has 1 atom stereocenters. The molecule has 21 heavy (non-hydrogen) atoms. The lowest BCUT2D eigenvalue weighted by Gasteiger charge is -2.22. The number of hydrogen-bond acceptors (Lipinski definition) is 2. The molecule has 0 aliphatic heterocycles. The van der Waals surface area contributed by atoms with E-state index in [9.17, 15) is 0 Å². The zero-order valence-corrected chi connectivity index (χ0v) is 14.0. The fourth-order valence-corrected chi connectivity index (χ4v) is 3.21. The van der Waals surface area contributed by atoms with Gasteiger partial charge in [0, 0.05) is 12.6 Å². The number of hydrogen-bond donors (Lipinski definition) is 1. The van der Waals surface area contributed by atoms with Gasteiger partial charge in [0.15, 0.2) is 0 Å². The molecule has 1 aliphatic carbocycles. The molecule has 0 spiro atoms. The van der Waals surface area contributed by atoms with Crippen LogP contribution in [-0.4, -0.2) is 19.3 Å². The van der Waals surface area contributed by atoms with Gasteiger partial charge in [0.25, 0.3) is 0 Å². The minimum absolute atomic E-state index is 0.416. The van der Waals surface area contributed by atoms with Crippen LogP contribution in [-0.2, 0) is 4.74 Å². The van der Waals surface area contributed by atoms with E-state index in [0.717, 1.165) is 19.6 Å². The first kappa shape index (κ1) is 16.5. The quantitative estimate of drug-likeness (QED) is 0.735. The van der Waals surface area contributed by atoms with Crippen LogP contribution in [0.1, 0.15) is 68.2 Å². The van der Waals surface area contributed by atoms with Crippen LogP contribution in [0, 0.1) is 13.8 Å². The highest BCUT2D eigenvalue weighted by Crippen LogP contribution is 2.21. The standard InChI is InChI=1S/C19H31NO/c1-15-10-11-16(2)19(14-15)17(3)20-12-7-13-21-18-8-5-4-6-9-18/h10-11,14,17-18,20H,4-9,12-13H2,1-3H3. The molecule has 1 fully saturated rings. The zero-order valence-electron chi connectivity index (χ0n) is 14.0. The maximum atomic E-state index is 5.97. The Labute approximate surface area is 130 Å². The van der Waals surface area contributed by atoms with Crippen LogP contribution in [0.25, 0.3) is 0 Å². The summed E-state index contributed by atoms with van der Waals surface area (Å²) in [5.41, 5.74) is 4.13. The first-order valence-corrected chi connectivity index (χ1v) is 8.59. The van der Waals surface area contributed by atoms with E-state index < -0.39 is 0 Å². The van der Waals surface area contributed by atoms with Gasteiger partial charge < -0.3 is 10.1 Å². The van der Waals surface area contributed by atoms with Gasteiger partial charge in [-0.05, 0) is 57.7 Å². The first-order valence-electron chi connectivity index (χ1n) is 8.59. The number of aryl methyl sites for hydroxylation is 2. The Morgan fingerprint density at radius 1 is 1.19 bits per heavy atom. The molecule has 1 N–H and O–H groups in total. The molecule has 1 aliphatic rings. The van der Waals surface area contributed by atoms with Gasteiger partial charge in [-0.2, -0.15) is 0 Å². The second kappa shape index (κ2) is 8.55. The Bertz CT molecular complexity index is 424. The van der Waals surface area contributed by atoms with Crippen molar-refractivity contribution in [3.8, 4) is 0 Å². The van der Waals surface area contributed by atoms with E-state index in [0.29, 0.717) is 12.1 Å². The van der Waals surface area contributed by atoms with Gasteiger partial charge in [0.05, 0.1) is 6.10 Å². The molecule has 2 rings (SSSR count). The maximum absolute atomic E-state index is 5.97. The summed E-state index contributed by atoms with van der Waals surface area (Å²) >= 11 is 0. The van der Waals surface area contributed by atoms with Gasteiger partial charge in [-0.15, -0.1) is 0 Å². The molecule has 0 saturated heterocycles. The number of ether oxygens (including phenoxy) is 1. The summed E-state index contributed by atoms with van der Waals surface area (Å²) in [4.78, 5) is 0. The molecule has 1 aromatic carbocycles. The van der Waals surface area contributed by atoms with E-state index in [1.165, 1.54) is 48.8 Å². The summed E-state index contributed by atoms with van der Waals surface area (Å²) in [6.07, 6.45) is 8.29. The average molecular weight is 289 g/mol. The zero-order chi connectivity index (χ0) is 15.1. The first-order chi connectivity index (χ1) is 10.2. The van der Waals surface area contributed by atoms with E-state index in [-0.39, 0.29) is 0 Å². The Hall–Kier alpha value is -0.860. The van der Waals surface area contributed by atoms with Crippen LogP contribution in [0.2, 0.25) is 0 Å². The average Bonchev–Trinajstić information content (AvgIpc) is 2.50. The van der Waals surface area contributed by atoms with Crippen LogP contribution >= 0.6 is 0 Å². The number of benzene rings is 1. The monoisotopic (exact) mass is 289 g/mol. The third kappa shape index (κ3) is 5.44. The Balaban J connectivity index is 1.64. The molecule has 0 heterocycles. The smallest absolute Gasteiger partial charge is 0.0575 e. The van der Waals surface area contributed by atoms with Crippen LogP contribution in [0.4, 0.5) is 0 Å². The van der Waals surface area contributed by atoms with Gasteiger partial charge in [-0.25, -0.2) is 0 Å². The molecule has 1 saturated carbocycles. The van der Waals surface area contributed by atoms with E-state index in [1.807, 2.05) is 0 Å². The highest BCUT2D eigenvalue weighted by atomic mass is 16.5. The summed E-state index contributed by atoms with van der Waals surface area (Å²) in [5, 5.41) is 3.62. The van der Waals surface area contributed by atoms with Crippen molar-refractivity contribution in [2.24, 2.45) is 0 Å². The molecular weight excluding hydrogens is 258 g/mol. The summed E-state index contributed by atoms with van der Waals surface area (Å²) in [7, 11) is 0. The highest BCUT2D eigenvalue weighted by molar-refractivity contribution is 5.32. The molecule has 1 aromatic rings. The fourth-order valence-electron chi connectivity index (χ4n) is 3.21. The predicted octanol–water partition coefficient (Wildman–Crippen LogP) is 4.69. The van der Waals surface area contributed by atoms with Gasteiger partial charge >= 0.3 is 0 Å². The van der Waals surface area contributed by atoms with Gasteiger partial charge in [0.1, 0.15) is 0 Å². The van der Waals surface area contributed by atoms with Gasteiger partial charge in [-0.1, -0.05) is 43.0 Å². The molecule has 0 amide bonds. The van der Waals surface area contributed by atoms with Crippen molar-refractivity contribution in [3.63, 3.8) is 0 Å². The molecule has 0 aromatic heterocycles. The lowest BCUT2D eigenvalue weighted by molar-refractivity contribution is 0.0271. The number of rotatable bonds is 7. The lowest BCUT2D eigenvalue weighted by Crippen LogP contribution is -2.23. The van der Waals surface area contributed by atoms with Crippen LogP contribution in [0.15, 0.2) is 18.2 Å².